The Kier molecular flexibility index (Phi) is 6.13. The Morgan fingerprint density at radius 1 is 1.19 bits per heavy atom. The molecule has 31 heavy (non-hydrogen) atoms. The van der Waals surface area contributed by atoms with Crippen LogP contribution in [0.5, 0.6) is 0 Å². The molecule has 0 fully saturated rings. The fourth-order valence-electron chi connectivity index (χ4n) is 3.07. The van der Waals surface area contributed by atoms with E-state index in [4.69, 9.17) is 11.6 Å². The Morgan fingerprint density at radius 3 is 2.61 bits per heavy atom. The number of hydrogen-bond donors (Lipinski definition) is 1. The van der Waals surface area contributed by atoms with Crippen LogP contribution in [0.15, 0.2) is 58.5 Å². The van der Waals surface area contributed by atoms with Crippen molar-refractivity contribution in [2.45, 2.75) is 19.0 Å². The number of amides is 1. The Bertz CT molecular complexity index is 1350. The van der Waals surface area contributed by atoms with Crippen LogP contribution in [0.25, 0.3) is 15.9 Å². The minimum Gasteiger partial charge on any atom is -0.323 e. The van der Waals surface area contributed by atoms with Crippen molar-refractivity contribution in [1.29, 1.82) is 0 Å². The summed E-state index contributed by atoms with van der Waals surface area (Å²) in [6, 6.07) is 12.8. The highest BCUT2D eigenvalue weighted by atomic mass is 35.5. The highest BCUT2D eigenvalue weighted by molar-refractivity contribution is 7.99. The molecule has 0 spiro atoms. The van der Waals surface area contributed by atoms with Gasteiger partial charge in [0.25, 0.3) is 5.56 Å². The zero-order valence-electron chi connectivity index (χ0n) is 16.6. The maximum Gasteiger partial charge on any atom is 0.267 e. The van der Waals surface area contributed by atoms with Gasteiger partial charge in [0.15, 0.2) is 5.16 Å². The van der Waals surface area contributed by atoms with Crippen molar-refractivity contribution >= 4 is 56.5 Å². The fourth-order valence-corrected chi connectivity index (χ4v) is 5.08. The van der Waals surface area contributed by atoms with Crippen LogP contribution in [-0.4, -0.2) is 21.2 Å². The summed E-state index contributed by atoms with van der Waals surface area (Å²) in [7, 11) is 0. The maximum atomic E-state index is 13.8. The largest absolute Gasteiger partial charge is 0.323 e. The van der Waals surface area contributed by atoms with Crippen molar-refractivity contribution in [1.82, 2.24) is 9.55 Å². The number of nitrogens with zero attached hydrogens (tertiary/aromatic N) is 2. The number of hydrogen-bond acceptors (Lipinski definition) is 5. The van der Waals surface area contributed by atoms with E-state index in [1.165, 1.54) is 28.0 Å². The van der Waals surface area contributed by atoms with Gasteiger partial charge >= 0.3 is 0 Å². The number of thiophene rings is 1. The molecule has 0 aliphatic carbocycles. The molecule has 4 aromatic rings. The summed E-state index contributed by atoms with van der Waals surface area (Å²) in [5.74, 6) is -0.947. The molecule has 1 amide bonds. The normalized spacial score (nSPS) is 11.1. The number of fused-ring (bicyclic) bond motifs is 1. The molecular formula is C22H17ClFN3O2S2. The monoisotopic (exact) mass is 473 g/mol. The molecule has 0 aliphatic heterocycles. The smallest absolute Gasteiger partial charge is 0.267 e. The van der Waals surface area contributed by atoms with Crippen molar-refractivity contribution in [3.05, 3.63) is 80.2 Å². The standard InChI is InChI=1S/C22H17ClFN3O2S2/c1-12-13(2)31-20-19(12)21(29)27(15-9-7-14(23)8-10-15)22(26-20)30-11-18(28)25-17-6-4-3-5-16(17)24/h3-10H,11H2,1-2H3,(H,25,28). The predicted molar refractivity (Wildman–Crippen MR) is 125 cm³/mol. The topological polar surface area (TPSA) is 64.0 Å². The molecule has 0 aliphatic rings. The Hall–Kier alpha value is -2.68. The molecular weight excluding hydrogens is 457 g/mol. The second-order valence-electron chi connectivity index (χ2n) is 6.79. The second-order valence-corrected chi connectivity index (χ2v) is 9.37. The molecule has 2 aromatic heterocycles. The minimum atomic E-state index is -0.511. The highest BCUT2D eigenvalue weighted by Crippen LogP contribution is 2.30. The number of carbonyl (C=O) groups is 1. The van der Waals surface area contributed by atoms with Crippen molar-refractivity contribution in [2.24, 2.45) is 0 Å². The number of anilines is 1. The van der Waals surface area contributed by atoms with E-state index in [0.29, 0.717) is 26.1 Å². The molecule has 4 rings (SSSR count). The lowest BCUT2D eigenvalue weighted by atomic mass is 10.2. The predicted octanol–water partition coefficient (Wildman–Crippen LogP) is 5.59. The van der Waals surface area contributed by atoms with E-state index in [1.54, 1.807) is 36.4 Å². The Labute approximate surface area is 190 Å². The fraction of sp³-hybridized carbons (Fsp3) is 0.136. The van der Waals surface area contributed by atoms with Gasteiger partial charge in [0.05, 0.1) is 22.5 Å². The summed E-state index contributed by atoms with van der Waals surface area (Å²) in [6.07, 6.45) is 0. The summed E-state index contributed by atoms with van der Waals surface area (Å²) in [4.78, 5) is 32.1. The van der Waals surface area contributed by atoms with E-state index >= 15 is 0 Å². The van der Waals surface area contributed by atoms with Gasteiger partial charge in [-0.15, -0.1) is 11.3 Å². The van der Waals surface area contributed by atoms with E-state index in [2.05, 4.69) is 10.3 Å². The number of nitrogens with one attached hydrogen (secondary N) is 1. The van der Waals surface area contributed by atoms with Gasteiger partial charge < -0.3 is 5.32 Å². The highest BCUT2D eigenvalue weighted by Gasteiger charge is 2.19. The molecule has 0 atom stereocenters. The summed E-state index contributed by atoms with van der Waals surface area (Å²) in [6.45, 7) is 3.85. The average Bonchev–Trinajstić information content (AvgIpc) is 3.03. The van der Waals surface area contributed by atoms with Crippen LogP contribution >= 0.6 is 34.7 Å². The van der Waals surface area contributed by atoms with Crippen molar-refractivity contribution in [2.75, 3.05) is 11.1 Å². The third-order valence-corrected chi connectivity index (χ3v) is 7.03. The molecule has 158 valence electrons. The molecule has 0 radical (unpaired) electrons. The van der Waals surface area contributed by atoms with Crippen LogP contribution in [0.2, 0.25) is 5.02 Å². The van der Waals surface area contributed by atoms with Crippen LogP contribution in [0, 0.1) is 19.7 Å². The number of carbonyl (C=O) groups excluding carboxylic acids is 1. The number of halogens is 2. The summed E-state index contributed by atoms with van der Waals surface area (Å²) >= 11 is 8.56. The first-order valence-electron chi connectivity index (χ1n) is 9.31. The van der Waals surface area contributed by atoms with E-state index in [0.717, 1.165) is 22.2 Å². The lowest BCUT2D eigenvalue weighted by Crippen LogP contribution is -2.23. The molecule has 0 bridgehead atoms. The van der Waals surface area contributed by atoms with Gasteiger partial charge in [-0.05, 0) is 55.8 Å². The van der Waals surface area contributed by atoms with Crippen molar-refractivity contribution in [3.63, 3.8) is 0 Å². The van der Waals surface area contributed by atoms with E-state index < -0.39 is 11.7 Å². The number of aromatic nitrogens is 2. The molecule has 0 saturated heterocycles. The van der Waals surface area contributed by atoms with E-state index in [1.807, 2.05) is 13.8 Å². The number of thioether (sulfide) groups is 1. The van der Waals surface area contributed by atoms with Crippen LogP contribution in [0.3, 0.4) is 0 Å². The van der Waals surface area contributed by atoms with Crippen LogP contribution < -0.4 is 10.9 Å². The van der Waals surface area contributed by atoms with Gasteiger partial charge in [-0.25, -0.2) is 9.37 Å². The number of rotatable bonds is 5. The summed E-state index contributed by atoms with van der Waals surface area (Å²) in [5.41, 5.74) is 1.40. The lowest BCUT2D eigenvalue weighted by molar-refractivity contribution is -0.113. The molecule has 0 unspecified atom stereocenters. The number of benzene rings is 2. The van der Waals surface area contributed by atoms with Gasteiger partial charge in [-0.2, -0.15) is 0 Å². The van der Waals surface area contributed by atoms with Gasteiger partial charge in [-0.3, -0.25) is 14.2 Å². The molecule has 0 saturated carbocycles. The third kappa shape index (κ3) is 4.37. The molecule has 1 N–H and O–H groups in total. The van der Waals surface area contributed by atoms with Crippen molar-refractivity contribution < 1.29 is 9.18 Å². The molecule has 5 nitrogen and oxygen atoms in total. The number of para-hydroxylation sites is 1. The number of aryl methyl sites for hydroxylation is 2. The molecule has 2 aromatic carbocycles. The van der Waals surface area contributed by atoms with Crippen LogP contribution in [-0.2, 0) is 4.79 Å². The first kappa shape index (κ1) is 21.5. The van der Waals surface area contributed by atoms with Gasteiger partial charge in [0.1, 0.15) is 10.6 Å². The molecule has 9 heteroatoms. The lowest BCUT2D eigenvalue weighted by Gasteiger charge is -2.12. The zero-order valence-corrected chi connectivity index (χ0v) is 19.0. The Morgan fingerprint density at radius 2 is 1.90 bits per heavy atom. The van der Waals surface area contributed by atoms with Crippen LogP contribution in [0.4, 0.5) is 10.1 Å². The average molecular weight is 474 g/mol. The first-order chi connectivity index (χ1) is 14.8. The van der Waals surface area contributed by atoms with Crippen molar-refractivity contribution in [3.8, 4) is 5.69 Å². The quantitative estimate of drug-likeness (QED) is 0.303. The summed E-state index contributed by atoms with van der Waals surface area (Å²) < 4.78 is 15.3. The van der Waals surface area contributed by atoms with Gasteiger partial charge in [0, 0.05) is 9.90 Å². The third-order valence-electron chi connectivity index (χ3n) is 4.74. The molecule has 2 heterocycles. The van der Waals surface area contributed by atoms with E-state index in [9.17, 15) is 14.0 Å². The zero-order chi connectivity index (χ0) is 22.1. The first-order valence-corrected chi connectivity index (χ1v) is 11.5. The van der Waals surface area contributed by atoms with Gasteiger partial charge in [-0.1, -0.05) is 35.5 Å². The minimum absolute atomic E-state index is 0.0385. The Balaban J connectivity index is 1.71. The van der Waals surface area contributed by atoms with Crippen LogP contribution in [0.1, 0.15) is 10.4 Å². The summed E-state index contributed by atoms with van der Waals surface area (Å²) in [5, 5.41) is 4.04. The SMILES string of the molecule is Cc1sc2nc(SCC(=O)Nc3ccccc3F)n(-c3ccc(Cl)cc3)c(=O)c2c1C. The van der Waals surface area contributed by atoms with Gasteiger partial charge in [0.2, 0.25) is 5.91 Å². The second kappa shape index (κ2) is 8.82. The maximum absolute atomic E-state index is 13.8. The van der Waals surface area contributed by atoms with E-state index in [-0.39, 0.29) is 17.0 Å².